The average molecular weight is 338 g/mol. The highest BCUT2D eigenvalue weighted by atomic mass is 16.5. The van der Waals surface area contributed by atoms with E-state index in [1.807, 2.05) is 6.08 Å². The molecule has 0 saturated carbocycles. The van der Waals surface area contributed by atoms with E-state index in [-0.39, 0.29) is 11.9 Å². The van der Waals surface area contributed by atoms with Gasteiger partial charge in [-0.25, -0.2) is 0 Å². The van der Waals surface area contributed by atoms with Crippen LogP contribution in [0.15, 0.2) is 36.4 Å². The normalized spacial score (nSPS) is 17.8. The summed E-state index contributed by atoms with van der Waals surface area (Å²) < 4.78 is 7.61. The number of aryl methyl sites for hydroxylation is 2. The third-order valence-electron chi connectivity index (χ3n) is 4.68. The van der Waals surface area contributed by atoms with Gasteiger partial charge in [0.25, 0.3) is 0 Å². The number of carbonyl (C=O) groups is 1. The lowest BCUT2D eigenvalue weighted by Crippen LogP contribution is -2.39. The fraction of sp³-hybridized carbons (Fsp3) is 0.381. The summed E-state index contributed by atoms with van der Waals surface area (Å²) in [7, 11) is 0. The zero-order chi connectivity index (χ0) is 17.8. The Morgan fingerprint density at radius 3 is 2.68 bits per heavy atom. The van der Waals surface area contributed by atoms with Crippen LogP contribution in [0.2, 0.25) is 0 Å². The van der Waals surface area contributed by atoms with E-state index in [2.05, 4.69) is 61.0 Å². The van der Waals surface area contributed by atoms with Crippen molar-refractivity contribution in [1.29, 1.82) is 0 Å². The van der Waals surface area contributed by atoms with Crippen molar-refractivity contribution in [3.63, 3.8) is 0 Å². The number of aromatic nitrogens is 1. The molecule has 25 heavy (non-hydrogen) atoms. The zero-order valence-electron chi connectivity index (χ0n) is 15.2. The van der Waals surface area contributed by atoms with E-state index in [4.69, 9.17) is 4.74 Å². The third-order valence-corrected chi connectivity index (χ3v) is 4.68. The van der Waals surface area contributed by atoms with Gasteiger partial charge in [0.15, 0.2) is 0 Å². The monoisotopic (exact) mass is 338 g/mol. The minimum Gasteiger partial charge on any atom is -0.379 e. The van der Waals surface area contributed by atoms with Crippen molar-refractivity contribution in [1.82, 2.24) is 9.88 Å². The summed E-state index contributed by atoms with van der Waals surface area (Å²) in [4.78, 5) is 12.1. The zero-order valence-corrected chi connectivity index (χ0v) is 15.2. The molecule has 1 atom stereocenters. The van der Waals surface area contributed by atoms with E-state index in [1.54, 1.807) is 6.08 Å². The molecule has 1 amide bonds. The number of hydrogen-bond acceptors (Lipinski definition) is 2. The molecule has 4 nitrogen and oxygen atoms in total. The molecule has 0 spiro atoms. The number of ether oxygens (including phenoxy) is 1. The van der Waals surface area contributed by atoms with Crippen molar-refractivity contribution in [3.05, 3.63) is 58.9 Å². The van der Waals surface area contributed by atoms with Crippen LogP contribution in [0.5, 0.6) is 0 Å². The van der Waals surface area contributed by atoms with Crippen LogP contribution in [-0.2, 0) is 9.53 Å². The van der Waals surface area contributed by atoms with Crippen molar-refractivity contribution in [3.8, 4) is 5.69 Å². The van der Waals surface area contributed by atoms with Gasteiger partial charge in [-0.2, -0.15) is 0 Å². The predicted molar refractivity (Wildman–Crippen MR) is 101 cm³/mol. The summed E-state index contributed by atoms with van der Waals surface area (Å²) in [6, 6.07) is 10.7. The van der Waals surface area contributed by atoms with Gasteiger partial charge in [-0.05, 0) is 63.5 Å². The lowest BCUT2D eigenvalue weighted by atomic mass is 10.1. The first-order chi connectivity index (χ1) is 12.0. The van der Waals surface area contributed by atoms with Crippen LogP contribution < -0.4 is 5.32 Å². The number of nitrogens with one attached hydrogen (secondary N) is 1. The fourth-order valence-corrected chi connectivity index (χ4v) is 3.32. The van der Waals surface area contributed by atoms with Gasteiger partial charge in [-0.1, -0.05) is 17.7 Å². The van der Waals surface area contributed by atoms with Gasteiger partial charge in [0, 0.05) is 29.8 Å². The minimum atomic E-state index is -0.0596. The quantitative estimate of drug-likeness (QED) is 0.864. The second kappa shape index (κ2) is 7.70. The second-order valence-corrected chi connectivity index (χ2v) is 6.75. The average Bonchev–Trinajstić information content (AvgIpc) is 2.89. The second-order valence-electron chi connectivity index (χ2n) is 6.75. The summed E-state index contributed by atoms with van der Waals surface area (Å²) in [6.07, 6.45) is 5.51. The highest BCUT2D eigenvalue weighted by Crippen LogP contribution is 2.22. The van der Waals surface area contributed by atoms with Crippen LogP contribution >= 0.6 is 0 Å². The smallest absolute Gasteiger partial charge is 0.244 e. The van der Waals surface area contributed by atoms with Crippen molar-refractivity contribution in [2.75, 3.05) is 13.2 Å². The Morgan fingerprint density at radius 1 is 1.24 bits per heavy atom. The van der Waals surface area contributed by atoms with E-state index < -0.39 is 0 Å². The Bertz CT molecular complexity index is 766. The molecule has 1 saturated heterocycles. The van der Waals surface area contributed by atoms with Crippen molar-refractivity contribution >= 4 is 12.0 Å². The Hall–Kier alpha value is -2.33. The number of nitrogens with zero attached hydrogens (tertiary/aromatic N) is 1. The molecule has 1 aromatic carbocycles. The molecule has 2 aromatic rings. The third kappa shape index (κ3) is 4.20. The first-order valence-corrected chi connectivity index (χ1v) is 8.87. The number of benzene rings is 1. The number of amides is 1. The maximum Gasteiger partial charge on any atom is 0.244 e. The first kappa shape index (κ1) is 17.5. The van der Waals surface area contributed by atoms with Crippen LogP contribution in [-0.4, -0.2) is 29.7 Å². The van der Waals surface area contributed by atoms with Crippen LogP contribution in [0, 0.1) is 20.8 Å². The summed E-state index contributed by atoms with van der Waals surface area (Å²) in [6.45, 7) is 7.67. The van der Waals surface area contributed by atoms with Gasteiger partial charge in [0.2, 0.25) is 5.91 Å². The molecule has 3 rings (SSSR count). The van der Waals surface area contributed by atoms with Gasteiger partial charge in [-0.3, -0.25) is 4.79 Å². The highest BCUT2D eigenvalue weighted by Gasteiger charge is 2.15. The van der Waals surface area contributed by atoms with Gasteiger partial charge in [0.05, 0.1) is 12.6 Å². The summed E-state index contributed by atoms with van der Waals surface area (Å²) in [5, 5.41) is 3.01. The lowest BCUT2D eigenvalue weighted by molar-refractivity contribution is -0.118. The Balaban J connectivity index is 1.73. The van der Waals surface area contributed by atoms with E-state index in [0.717, 1.165) is 42.1 Å². The van der Waals surface area contributed by atoms with E-state index >= 15 is 0 Å². The fourth-order valence-electron chi connectivity index (χ4n) is 3.32. The number of hydrogen-bond donors (Lipinski definition) is 1. The van der Waals surface area contributed by atoms with Crippen molar-refractivity contribution < 1.29 is 9.53 Å². The molecule has 1 aliphatic heterocycles. The first-order valence-electron chi connectivity index (χ1n) is 8.87. The highest BCUT2D eigenvalue weighted by molar-refractivity contribution is 5.92. The molecule has 4 heteroatoms. The molecule has 0 aliphatic carbocycles. The summed E-state index contributed by atoms with van der Waals surface area (Å²) in [5.41, 5.74) is 5.74. The predicted octanol–water partition coefficient (Wildman–Crippen LogP) is 3.71. The largest absolute Gasteiger partial charge is 0.379 e. The molecule has 0 radical (unpaired) electrons. The van der Waals surface area contributed by atoms with E-state index in [1.165, 1.54) is 5.56 Å². The molecule has 1 unspecified atom stereocenters. The standard InChI is InChI=1S/C21H26N2O2/c1-15-6-9-20(10-7-15)23-16(2)13-18(17(23)3)8-11-21(24)22-19-5-4-12-25-14-19/h6-11,13,19H,4-5,12,14H2,1-3H3,(H,22,24)/b11-8+. The molecule has 1 aromatic heterocycles. The van der Waals surface area contributed by atoms with Gasteiger partial charge < -0.3 is 14.6 Å². The molecule has 2 heterocycles. The van der Waals surface area contributed by atoms with Crippen LogP contribution in [0.1, 0.15) is 35.4 Å². The van der Waals surface area contributed by atoms with Crippen molar-refractivity contribution in [2.45, 2.75) is 39.7 Å². The lowest BCUT2D eigenvalue weighted by Gasteiger charge is -2.22. The molecule has 132 valence electrons. The molecule has 1 N–H and O–H groups in total. The van der Waals surface area contributed by atoms with Crippen LogP contribution in [0.25, 0.3) is 11.8 Å². The van der Waals surface area contributed by atoms with Gasteiger partial charge in [-0.15, -0.1) is 0 Å². The molecule has 1 aliphatic rings. The van der Waals surface area contributed by atoms with Gasteiger partial charge >= 0.3 is 0 Å². The maximum atomic E-state index is 12.1. The summed E-state index contributed by atoms with van der Waals surface area (Å²) >= 11 is 0. The maximum absolute atomic E-state index is 12.1. The summed E-state index contributed by atoms with van der Waals surface area (Å²) in [5.74, 6) is -0.0596. The number of rotatable bonds is 4. The number of carbonyl (C=O) groups excluding carboxylic acids is 1. The SMILES string of the molecule is Cc1ccc(-n2c(C)cc(/C=C/C(=O)NC3CCCOC3)c2C)cc1. The van der Waals surface area contributed by atoms with Crippen LogP contribution in [0.3, 0.4) is 0 Å². The minimum absolute atomic E-state index is 0.0596. The Morgan fingerprint density at radius 2 is 2.00 bits per heavy atom. The van der Waals surface area contributed by atoms with Crippen LogP contribution in [0.4, 0.5) is 0 Å². The topological polar surface area (TPSA) is 43.3 Å². The van der Waals surface area contributed by atoms with E-state index in [0.29, 0.717) is 6.61 Å². The Kier molecular flexibility index (Phi) is 5.39. The Labute approximate surface area is 149 Å². The van der Waals surface area contributed by atoms with Crippen molar-refractivity contribution in [2.24, 2.45) is 0 Å². The molecular formula is C21H26N2O2. The van der Waals surface area contributed by atoms with Gasteiger partial charge in [0.1, 0.15) is 0 Å². The molecular weight excluding hydrogens is 312 g/mol. The molecule has 1 fully saturated rings. The van der Waals surface area contributed by atoms with E-state index in [9.17, 15) is 4.79 Å². The molecule has 0 bridgehead atoms.